The summed E-state index contributed by atoms with van der Waals surface area (Å²) in [5, 5.41) is 8.50. The minimum atomic E-state index is -0.889. The average molecular weight is 188 g/mol. The normalized spacial score (nSPS) is 14.2. The monoisotopic (exact) mass is 188 g/mol. The van der Waals surface area contributed by atoms with E-state index >= 15 is 0 Å². The first-order valence-corrected chi connectivity index (χ1v) is 4.12. The van der Waals surface area contributed by atoms with E-state index in [1.165, 1.54) is 0 Å². The van der Waals surface area contributed by atoms with Crippen molar-refractivity contribution in [3.8, 4) is 0 Å². The van der Waals surface area contributed by atoms with Crippen molar-refractivity contribution in [2.45, 2.75) is 26.6 Å². The zero-order chi connectivity index (χ0) is 10.3. The first kappa shape index (κ1) is 12.1. The molecule has 13 heavy (non-hydrogen) atoms. The van der Waals surface area contributed by atoms with E-state index in [2.05, 4.69) is 0 Å². The molecule has 0 rings (SSSR count). The van der Waals surface area contributed by atoms with Gasteiger partial charge in [-0.05, 0) is 20.3 Å². The topological polar surface area (TPSA) is 55.8 Å². The molecule has 0 saturated carbocycles. The van der Waals surface area contributed by atoms with Gasteiger partial charge in [-0.2, -0.15) is 0 Å². The lowest BCUT2D eigenvalue weighted by Crippen LogP contribution is -2.10. The Morgan fingerprint density at radius 2 is 2.23 bits per heavy atom. The first-order chi connectivity index (χ1) is 6.07. The summed E-state index contributed by atoms with van der Waals surface area (Å²) in [6, 6.07) is 0. The van der Waals surface area contributed by atoms with E-state index in [-0.39, 0.29) is 6.29 Å². The number of aliphatic carboxylic acids is 1. The molecule has 1 atom stereocenters. The van der Waals surface area contributed by atoms with Crippen molar-refractivity contribution in [2.75, 3.05) is 13.7 Å². The van der Waals surface area contributed by atoms with Gasteiger partial charge < -0.3 is 14.6 Å². The van der Waals surface area contributed by atoms with Gasteiger partial charge in [0.05, 0.1) is 6.61 Å². The molecule has 0 aliphatic carbocycles. The largest absolute Gasteiger partial charge is 0.478 e. The van der Waals surface area contributed by atoms with E-state index in [0.717, 1.165) is 0 Å². The van der Waals surface area contributed by atoms with Crippen LogP contribution in [0.1, 0.15) is 20.3 Å². The maximum Gasteiger partial charge on any atom is 0.330 e. The summed E-state index contributed by atoms with van der Waals surface area (Å²) < 4.78 is 10.0. The molecule has 1 unspecified atom stereocenters. The Morgan fingerprint density at radius 3 is 2.69 bits per heavy atom. The van der Waals surface area contributed by atoms with Gasteiger partial charge in [-0.25, -0.2) is 4.79 Å². The summed E-state index contributed by atoms with van der Waals surface area (Å²) >= 11 is 0. The maximum absolute atomic E-state index is 10.3. The van der Waals surface area contributed by atoms with Crippen molar-refractivity contribution in [1.29, 1.82) is 0 Å². The molecule has 0 fully saturated rings. The molecule has 0 aliphatic heterocycles. The van der Waals surface area contributed by atoms with Gasteiger partial charge in [0.2, 0.25) is 0 Å². The van der Waals surface area contributed by atoms with E-state index < -0.39 is 5.97 Å². The zero-order valence-corrected chi connectivity index (χ0v) is 8.24. The van der Waals surface area contributed by atoms with Crippen LogP contribution in [-0.2, 0) is 14.3 Å². The number of carboxylic acid groups (broad SMARTS) is 1. The van der Waals surface area contributed by atoms with Crippen LogP contribution in [0.3, 0.4) is 0 Å². The number of methoxy groups -OCH3 is 1. The summed E-state index contributed by atoms with van der Waals surface area (Å²) in [7, 11) is 1.56. The highest BCUT2D eigenvalue weighted by molar-refractivity contribution is 5.85. The molecule has 0 amide bonds. The van der Waals surface area contributed by atoms with Crippen molar-refractivity contribution in [3.05, 3.63) is 11.6 Å². The Balaban J connectivity index is 3.55. The van der Waals surface area contributed by atoms with Gasteiger partial charge >= 0.3 is 5.97 Å². The van der Waals surface area contributed by atoms with Crippen LogP contribution in [0.5, 0.6) is 0 Å². The fourth-order valence-corrected chi connectivity index (χ4v) is 0.665. The van der Waals surface area contributed by atoms with Crippen LogP contribution in [0, 0.1) is 0 Å². The molecule has 0 bridgehead atoms. The molecule has 0 saturated heterocycles. The van der Waals surface area contributed by atoms with Gasteiger partial charge in [-0.1, -0.05) is 6.08 Å². The minimum Gasteiger partial charge on any atom is -0.478 e. The molecule has 0 spiro atoms. The van der Waals surface area contributed by atoms with Crippen molar-refractivity contribution >= 4 is 5.97 Å². The maximum atomic E-state index is 10.3. The molecule has 0 aliphatic rings. The third-order valence-corrected chi connectivity index (χ3v) is 1.59. The van der Waals surface area contributed by atoms with Crippen LogP contribution in [0.4, 0.5) is 0 Å². The van der Waals surface area contributed by atoms with Gasteiger partial charge in [-0.15, -0.1) is 0 Å². The fraction of sp³-hybridized carbons (Fsp3) is 0.667. The number of rotatable bonds is 6. The lowest BCUT2D eigenvalue weighted by Gasteiger charge is -2.09. The van der Waals surface area contributed by atoms with Crippen LogP contribution in [0.15, 0.2) is 11.6 Å². The van der Waals surface area contributed by atoms with Crippen LogP contribution in [0.25, 0.3) is 0 Å². The summed E-state index contributed by atoms with van der Waals surface area (Å²) in [6.45, 7) is 3.81. The van der Waals surface area contributed by atoms with Crippen LogP contribution in [-0.4, -0.2) is 31.1 Å². The zero-order valence-electron chi connectivity index (χ0n) is 8.24. The molecule has 0 aromatic heterocycles. The number of hydrogen-bond acceptors (Lipinski definition) is 3. The second-order valence-electron chi connectivity index (χ2n) is 2.66. The van der Waals surface area contributed by atoms with E-state index in [0.29, 0.717) is 18.6 Å². The first-order valence-electron chi connectivity index (χ1n) is 4.12. The summed E-state index contributed by atoms with van der Waals surface area (Å²) in [5.41, 5.74) is 0.341. The molecule has 4 heteroatoms. The lowest BCUT2D eigenvalue weighted by atomic mass is 10.2. The van der Waals surface area contributed by atoms with Gasteiger partial charge in [-0.3, -0.25) is 0 Å². The highest BCUT2D eigenvalue weighted by Gasteiger charge is 1.99. The Bertz CT molecular complexity index is 186. The van der Waals surface area contributed by atoms with Crippen molar-refractivity contribution in [2.24, 2.45) is 0 Å². The van der Waals surface area contributed by atoms with Gasteiger partial charge in [0.25, 0.3) is 0 Å². The molecule has 4 nitrogen and oxygen atoms in total. The summed E-state index contributed by atoms with van der Waals surface area (Å²) in [5.74, 6) is -0.889. The number of ether oxygens (including phenoxy) is 2. The van der Waals surface area contributed by atoms with E-state index in [1.54, 1.807) is 27.0 Å². The molecule has 0 heterocycles. The highest BCUT2D eigenvalue weighted by Crippen LogP contribution is 1.98. The highest BCUT2D eigenvalue weighted by atomic mass is 16.7. The fourth-order valence-electron chi connectivity index (χ4n) is 0.665. The standard InChI is InChI=1S/C9H16O4/c1-7(9(10)11)5-4-6-13-8(2)12-3/h5,8H,4,6H2,1-3H3,(H,10,11). The van der Waals surface area contributed by atoms with Crippen LogP contribution >= 0.6 is 0 Å². The molecule has 0 aromatic carbocycles. The molecular weight excluding hydrogens is 172 g/mol. The van der Waals surface area contributed by atoms with Crippen molar-refractivity contribution in [3.63, 3.8) is 0 Å². The third-order valence-electron chi connectivity index (χ3n) is 1.59. The van der Waals surface area contributed by atoms with Crippen molar-refractivity contribution in [1.82, 2.24) is 0 Å². The average Bonchev–Trinajstić information content (AvgIpc) is 2.11. The third kappa shape index (κ3) is 6.31. The van der Waals surface area contributed by atoms with Gasteiger partial charge in [0, 0.05) is 12.7 Å². The predicted octanol–water partition coefficient (Wildman–Crippen LogP) is 1.42. The van der Waals surface area contributed by atoms with Crippen LogP contribution < -0.4 is 0 Å². The Morgan fingerprint density at radius 1 is 1.62 bits per heavy atom. The second-order valence-corrected chi connectivity index (χ2v) is 2.66. The summed E-state index contributed by atoms with van der Waals surface area (Å²) in [6.07, 6.45) is 1.98. The molecule has 1 N–H and O–H groups in total. The smallest absolute Gasteiger partial charge is 0.330 e. The Labute approximate surface area is 78.2 Å². The molecule has 76 valence electrons. The van der Waals surface area contributed by atoms with E-state index in [9.17, 15) is 4.79 Å². The van der Waals surface area contributed by atoms with E-state index in [4.69, 9.17) is 14.6 Å². The predicted molar refractivity (Wildman–Crippen MR) is 48.4 cm³/mol. The Kier molecular flexibility index (Phi) is 6.18. The molecule has 0 radical (unpaired) electrons. The van der Waals surface area contributed by atoms with E-state index in [1.807, 2.05) is 0 Å². The molecular formula is C9H16O4. The Hall–Kier alpha value is -0.870. The van der Waals surface area contributed by atoms with Crippen molar-refractivity contribution < 1.29 is 19.4 Å². The number of carbonyl (C=O) groups is 1. The van der Waals surface area contributed by atoms with Gasteiger partial charge in [0.1, 0.15) is 0 Å². The lowest BCUT2D eigenvalue weighted by molar-refractivity contribution is -0.132. The quantitative estimate of drug-likeness (QED) is 0.389. The number of carboxylic acids is 1. The van der Waals surface area contributed by atoms with Gasteiger partial charge in [0.15, 0.2) is 6.29 Å². The summed E-state index contributed by atoms with van der Waals surface area (Å²) in [4.78, 5) is 10.3. The number of hydrogen-bond donors (Lipinski definition) is 1. The minimum absolute atomic E-state index is 0.237. The second kappa shape index (κ2) is 6.62. The molecule has 0 aromatic rings. The SMILES string of the molecule is COC(C)OCCC=C(C)C(=O)O. The van der Waals surface area contributed by atoms with Crippen LogP contribution in [0.2, 0.25) is 0 Å².